The predicted molar refractivity (Wildman–Crippen MR) is 81.0 cm³/mol. The SMILES string of the molecule is COC(=O)[C@H]1CCS(=O)(=O)N1CC(=O)Nc1cccc(Cl)c1. The first-order valence-corrected chi connectivity index (χ1v) is 8.45. The minimum atomic E-state index is -3.64. The van der Waals surface area contributed by atoms with Gasteiger partial charge in [0.05, 0.1) is 19.4 Å². The lowest BCUT2D eigenvalue weighted by Crippen LogP contribution is -2.43. The lowest BCUT2D eigenvalue weighted by molar-refractivity contribution is -0.144. The molecule has 0 saturated carbocycles. The van der Waals surface area contributed by atoms with Crippen LogP contribution in [0.1, 0.15) is 6.42 Å². The molecule has 1 aromatic rings. The van der Waals surface area contributed by atoms with Crippen LogP contribution in [0, 0.1) is 0 Å². The molecule has 22 heavy (non-hydrogen) atoms. The summed E-state index contributed by atoms with van der Waals surface area (Å²) in [4.78, 5) is 23.6. The zero-order chi connectivity index (χ0) is 16.3. The Morgan fingerprint density at radius 2 is 2.18 bits per heavy atom. The molecule has 0 bridgehead atoms. The molecule has 0 radical (unpaired) electrons. The normalized spacial score (nSPS) is 20.5. The number of rotatable bonds is 4. The lowest BCUT2D eigenvalue weighted by atomic mass is 10.2. The van der Waals surface area contributed by atoms with Crippen LogP contribution in [0.25, 0.3) is 0 Å². The summed E-state index contributed by atoms with van der Waals surface area (Å²) in [7, 11) is -2.46. The van der Waals surface area contributed by atoms with Crippen LogP contribution < -0.4 is 5.32 Å². The Morgan fingerprint density at radius 3 is 2.82 bits per heavy atom. The molecule has 1 aliphatic rings. The van der Waals surface area contributed by atoms with Crippen LogP contribution in [0.15, 0.2) is 24.3 Å². The van der Waals surface area contributed by atoms with E-state index in [9.17, 15) is 18.0 Å². The lowest BCUT2D eigenvalue weighted by Gasteiger charge is -2.20. The molecule has 1 N–H and O–H groups in total. The van der Waals surface area contributed by atoms with Gasteiger partial charge in [0, 0.05) is 10.7 Å². The molecule has 1 atom stereocenters. The number of sulfonamides is 1. The average Bonchev–Trinajstić information content (AvgIpc) is 2.73. The third-order valence-corrected chi connectivity index (χ3v) is 5.32. The maximum absolute atomic E-state index is 12.0. The van der Waals surface area contributed by atoms with Crippen molar-refractivity contribution in [2.45, 2.75) is 12.5 Å². The molecule has 9 heteroatoms. The van der Waals surface area contributed by atoms with Gasteiger partial charge in [0.25, 0.3) is 0 Å². The molecular formula is C13H15ClN2O5S. The van der Waals surface area contributed by atoms with Gasteiger partial charge in [-0.25, -0.2) is 8.42 Å². The third kappa shape index (κ3) is 3.76. The van der Waals surface area contributed by atoms with Gasteiger partial charge in [-0.2, -0.15) is 4.31 Å². The fraction of sp³-hybridized carbons (Fsp3) is 0.385. The molecule has 2 rings (SSSR count). The number of amides is 1. The second-order valence-corrected chi connectivity index (χ2v) is 7.22. The molecule has 1 saturated heterocycles. The molecule has 0 aliphatic carbocycles. The van der Waals surface area contributed by atoms with Gasteiger partial charge in [-0.1, -0.05) is 17.7 Å². The van der Waals surface area contributed by atoms with Crippen molar-refractivity contribution in [1.29, 1.82) is 0 Å². The summed E-state index contributed by atoms with van der Waals surface area (Å²) in [6, 6.07) is 5.51. The summed E-state index contributed by atoms with van der Waals surface area (Å²) in [5, 5.41) is 2.99. The van der Waals surface area contributed by atoms with E-state index in [4.69, 9.17) is 11.6 Å². The third-order valence-electron chi connectivity index (χ3n) is 3.24. The molecule has 120 valence electrons. The van der Waals surface area contributed by atoms with Gasteiger partial charge in [-0.05, 0) is 24.6 Å². The number of ether oxygens (including phenoxy) is 1. The van der Waals surface area contributed by atoms with E-state index in [0.29, 0.717) is 10.7 Å². The standard InChI is InChI=1S/C13H15ClN2O5S/c1-21-13(18)11-5-6-22(19,20)16(11)8-12(17)15-10-4-2-3-9(14)7-10/h2-4,7,11H,5-6,8H2,1H3,(H,15,17)/t11-/m1/s1. The van der Waals surface area contributed by atoms with Gasteiger partial charge in [-0.3, -0.25) is 9.59 Å². The number of nitrogens with zero attached hydrogens (tertiary/aromatic N) is 1. The maximum Gasteiger partial charge on any atom is 0.324 e. The van der Waals surface area contributed by atoms with Crippen LogP contribution in [-0.4, -0.2) is 50.0 Å². The molecule has 0 spiro atoms. The summed E-state index contributed by atoms with van der Waals surface area (Å²) in [6.45, 7) is -0.450. The quantitative estimate of drug-likeness (QED) is 0.816. The number of anilines is 1. The number of nitrogens with one attached hydrogen (secondary N) is 1. The van der Waals surface area contributed by atoms with E-state index in [1.807, 2.05) is 0 Å². The van der Waals surface area contributed by atoms with E-state index in [0.717, 1.165) is 4.31 Å². The van der Waals surface area contributed by atoms with Crippen LogP contribution in [0.5, 0.6) is 0 Å². The van der Waals surface area contributed by atoms with Crippen molar-refractivity contribution in [2.75, 3.05) is 24.7 Å². The summed E-state index contributed by atoms with van der Waals surface area (Å²) in [5.74, 6) is -1.41. The van der Waals surface area contributed by atoms with Crippen molar-refractivity contribution in [3.05, 3.63) is 29.3 Å². The van der Waals surface area contributed by atoms with Crippen LogP contribution in [-0.2, 0) is 24.3 Å². The van der Waals surface area contributed by atoms with E-state index < -0.39 is 34.5 Å². The largest absolute Gasteiger partial charge is 0.468 e. The first-order valence-electron chi connectivity index (χ1n) is 6.46. The molecule has 7 nitrogen and oxygen atoms in total. The Kier molecular flexibility index (Phi) is 5.05. The highest BCUT2D eigenvalue weighted by molar-refractivity contribution is 7.89. The smallest absolute Gasteiger partial charge is 0.324 e. The number of carbonyl (C=O) groups is 2. The molecule has 0 unspecified atom stereocenters. The summed E-state index contributed by atoms with van der Waals surface area (Å²) in [6.07, 6.45) is 0.111. The molecule has 1 fully saturated rings. The highest BCUT2D eigenvalue weighted by atomic mass is 35.5. The van der Waals surface area contributed by atoms with Crippen LogP contribution in [0.4, 0.5) is 5.69 Å². The van der Waals surface area contributed by atoms with Crippen LogP contribution in [0.3, 0.4) is 0 Å². The second kappa shape index (κ2) is 6.64. The number of carbonyl (C=O) groups excluding carboxylic acids is 2. The minimum absolute atomic E-state index is 0.111. The summed E-state index contributed by atoms with van der Waals surface area (Å²) >= 11 is 5.81. The highest BCUT2D eigenvalue weighted by Gasteiger charge is 2.43. The number of benzene rings is 1. The van der Waals surface area contributed by atoms with Crippen LogP contribution >= 0.6 is 11.6 Å². The minimum Gasteiger partial charge on any atom is -0.468 e. The van der Waals surface area contributed by atoms with Gasteiger partial charge in [0.1, 0.15) is 6.04 Å². The Labute approximate surface area is 133 Å². The van der Waals surface area contributed by atoms with Gasteiger partial charge in [0.15, 0.2) is 0 Å². The Hall–Kier alpha value is -1.64. The fourth-order valence-electron chi connectivity index (χ4n) is 2.20. The predicted octanol–water partition coefficient (Wildman–Crippen LogP) is 0.856. The van der Waals surface area contributed by atoms with E-state index >= 15 is 0 Å². The van der Waals surface area contributed by atoms with Gasteiger partial charge in [0.2, 0.25) is 15.9 Å². The monoisotopic (exact) mass is 346 g/mol. The molecule has 1 aliphatic heterocycles. The van der Waals surface area contributed by atoms with Crippen molar-refractivity contribution >= 4 is 39.2 Å². The van der Waals surface area contributed by atoms with Crippen molar-refractivity contribution in [1.82, 2.24) is 4.31 Å². The first-order chi connectivity index (χ1) is 10.3. The number of halogens is 1. The van der Waals surface area contributed by atoms with E-state index in [1.54, 1.807) is 18.2 Å². The number of methoxy groups -OCH3 is 1. The number of hydrogen-bond donors (Lipinski definition) is 1. The number of esters is 1. The van der Waals surface area contributed by atoms with Crippen molar-refractivity contribution in [2.24, 2.45) is 0 Å². The van der Waals surface area contributed by atoms with Gasteiger partial charge < -0.3 is 10.1 Å². The molecule has 0 aromatic heterocycles. The topological polar surface area (TPSA) is 92.8 Å². The summed E-state index contributed by atoms with van der Waals surface area (Å²) < 4.78 is 29.4. The van der Waals surface area contributed by atoms with Crippen molar-refractivity contribution in [3.63, 3.8) is 0 Å². The Bertz CT molecular complexity index is 691. The maximum atomic E-state index is 12.0. The van der Waals surface area contributed by atoms with Gasteiger partial charge >= 0.3 is 5.97 Å². The molecular weight excluding hydrogens is 332 g/mol. The second-order valence-electron chi connectivity index (χ2n) is 4.75. The average molecular weight is 347 g/mol. The molecule has 1 aromatic carbocycles. The van der Waals surface area contributed by atoms with Gasteiger partial charge in [-0.15, -0.1) is 0 Å². The van der Waals surface area contributed by atoms with Crippen molar-refractivity contribution in [3.8, 4) is 0 Å². The Balaban J connectivity index is 2.09. The first kappa shape index (κ1) is 16.7. The zero-order valence-corrected chi connectivity index (χ0v) is 13.4. The molecule has 1 heterocycles. The van der Waals surface area contributed by atoms with E-state index in [1.165, 1.54) is 13.2 Å². The Morgan fingerprint density at radius 1 is 1.45 bits per heavy atom. The zero-order valence-electron chi connectivity index (χ0n) is 11.8. The summed E-state index contributed by atoms with van der Waals surface area (Å²) in [5.41, 5.74) is 0.448. The van der Waals surface area contributed by atoms with Crippen molar-refractivity contribution < 1.29 is 22.7 Å². The number of hydrogen-bond acceptors (Lipinski definition) is 5. The van der Waals surface area contributed by atoms with E-state index in [2.05, 4.69) is 10.1 Å². The molecule has 1 amide bonds. The van der Waals surface area contributed by atoms with E-state index in [-0.39, 0.29) is 12.2 Å². The highest BCUT2D eigenvalue weighted by Crippen LogP contribution is 2.22. The van der Waals surface area contributed by atoms with Crippen LogP contribution in [0.2, 0.25) is 5.02 Å². The fourth-order valence-corrected chi connectivity index (χ4v) is 4.04.